The van der Waals surface area contributed by atoms with Crippen molar-refractivity contribution in [1.82, 2.24) is 0 Å². The Morgan fingerprint density at radius 1 is 0.561 bits per heavy atom. The molecule has 0 spiro atoms. The topological polar surface area (TPSA) is 389 Å². The largest absolute Gasteiger partial charge is 0.480 e. The van der Waals surface area contributed by atoms with Crippen LogP contribution in [0.15, 0.2) is 0 Å². The molecule has 0 heterocycles. The normalized spacial score (nSPS) is 12.6. The van der Waals surface area contributed by atoms with Crippen molar-refractivity contribution in [1.29, 1.82) is 0 Å². The summed E-state index contributed by atoms with van der Waals surface area (Å²) in [7, 11) is 0. The van der Waals surface area contributed by atoms with Crippen molar-refractivity contribution in [2.45, 2.75) is 83.0 Å². The maximum absolute atomic E-state index is 10.1. The maximum Gasteiger partial charge on any atom is 0.322 e. The molecule has 0 aromatic carbocycles. The van der Waals surface area contributed by atoms with E-state index in [1.165, 1.54) is 0 Å². The van der Waals surface area contributed by atoms with Gasteiger partial charge in [-0.1, -0.05) is 26.7 Å². The van der Waals surface area contributed by atoms with Gasteiger partial charge in [-0.15, -0.1) is 0 Å². The van der Waals surface area contributed by atoms with Gasteiger partial charge in [-0.25, -0.2) is 0 Å². The summed E-state index contributed by atoms with van der Waals surface area (Å²) in [5, 5.41) is 48.4. The average molecular weight is 604 g/mol. The number of rotatable bonds is 16. The Morgan fingerprint density at radius 2 is 0.854 bits per heavy atom. The van der Waals surface area contributed by atoms with Crippen LogP contribution in [0, 0.1) is 5.92 Å². The van der Waals surface area contributed by atoms with Crippen molar-refractivity contribution >= 4 is 29.8 Å². The lowest BCUT2D eigenvalue weighted by Crippen LogP contribution is -2.33. The minimum absolute atomic E-state index is 0.278. The van der Waals surface area contributed by atoms with Crippen LogP contribution in [0.3, 0.4) is 0 Å². The van der Waals surface area contributed by atoms with E-state index in [2.05, 4.69) is 5.73 Å². The summed E-state index contributed by atoms with van der Waals surface area (Å²) in [5.41, 5.74) is 35.4. The SMILES string of the molecule is CC(C)C[C@H](N)C(=O)O.NCC(=O)O.NCCCC[C@H](N)C(=O)O.NCCCC[C@H](N)C(=O)O.N[C@@H](CO)C(=O)O. The van der Waals surface area contributed by atoms with Crippen LogP contribution in [0.4, 0.5) is 0 Å². The monoisotopic (exact) mass is 603 g/mol. The molecule has 0 aliphatic heterocycles. The van der Waals surface area contributed by atoms with Crippen molar-refractivity contribution in [3.8, 4) is 0 Å². The van der Waals surface area contributed by atoms with Gasteiger partial charge in [0, 0.05) is 0 Å². The first kappa shape index (κ1) is 47.8. The molecule has 0 bridgehead atoms. The van der Waals surface area contributed by atoms with Gasteiger partial charge in [0.15, 0.2) is 0 Å². The Balaban J connectivity index is -0.000000134. The number of aliphatic hydroxyl groups excluding tert-OH is 1. The Bertz CT molecular complexity index is 660. The molecule has 0 saturated carbocycles. The lowest BCUT2D eigenvalue weighted by atomic mass is 10.1. The molecular weight excluding hydrogens is 550 g/mol. The predicted octanol–water partition coefficient (Wildman–Crippen LogP) is -3.08. The Kier molecular flexibility index (Phi) is 38.7. The van der Waals surface area contributed by atoms with Gasteiger partial charge in [0.1, 0.15) is 24.2 Å². The molecule has 0 aromatic heterocycles. The van der Waals surface area contributed by atoms with Gasteiger partial charge in [-0.2, -0.15) is 0 Å². The molecule has 0 aromatic rings. The van der Waals surface area contributed by atoms with Crippen LogP contribution >= 0.6 is 0 Å². The summed E-state index contributed by atoms with van der Waals surface area (Å²) < 4.78 is 0. The summed E-state index contributed by atoms with van der Waals surface area (Å²) in [6.45, 7) is 4.32. The van der Waals surface area contributed by atoms with E-state index >= 15 is 0 Å². The van der Waals surface area contributed by atoms with Gasteiger partial charge >= 0.3 is 29.8 Å². The fourth-order valence-electron chi connectivity index (χ4n) is 1.95. The number of aliphatic carboxylic acids is 5. The van der Waals surface area contributed by atoms with Crippen LogP contribution < -0.4 is 40.1 Å². The lowest BCUT2D eigenvalue weighted by Gasteiger charge is -2.07. The zero-order valence-corrected chi connectivity index (χ0v) is 23.9. The van der Waals surface area contributed by atoms with Crippen molar-refractivity contribution in [2.75, 3.05) is 26.2 Å². The zero-order chi connectivity index (χ0) is 33.6. The van der Waals surface area contributed by atoms with Gasteiger partial charge in [0.2, 0.25) is 0 Å². The van der Waals surface area contributed by atoms with E-state index in [1.54, 1.807) is 0 Å². The third-order valence-electron chi connectivity index (χ3n) is 4.30. The molecule has 18 nitrogen and oxygen atoms in total. The minimum Gasteiger partial charge on any atom is -0.480 e. The molecule has 0 radical (unpaired) electrons. The van der Waals surface area contributed by atoms with E-state index in [0.29, 0.717) is 38.3 Å². The molecule has 0 rings (SSSR count). The van der Waals surface area contributed by atoms with Crippen LogP contribution in [0.25, 0.3) is 0 Å². The van der Waals surface area contributed by atoms with Crippen LogP contribution in [-0.4, -0.2) is 111 Å². The van der Waals surface area contributed by atoms with E-state index in [0.717, 1.165) is 25.7 Å². The molecule has 0 aliphatic rings. The Hall–Kier alpha value is -2.97. The summed E-state index contributed by atoms with van der Waals surface area (Å²) in [6, 6.07) is -3.25. The maximum atomic E-state index is 10.1. The lowest BCUT2D eigenvalue weighted by molar-refractivity contribution is -0.140. The van der Waals surface area contributed by atoms with E-state index in [-0.39, 0.29) is 6.54 Å². The van der Waals surface area contributed by atoms with E-state index in [1.807, 2.05) is 13.8 Å². The first-order valence-electron chi connectivity index (χ1n) is 12.7. The predicted molar refractivity (Wildman–Crippen MR) is 151 cm³/mol. The third-order valence-corrected chi connectivity index (χ3v) is 4.30. The second kappa shape index (κ2) is 33.2. The molecule has 4 atom stereocenters. The van der Waals surface area contributed by atoms with Crippen molar-refractivity contribution < 1.29 is 54.6 Å². The number of hydrogen-bond acceptors (Lipinski definition) is 13. The highest BCUT2D eigenvalue weighted by molar-refractivity contribution is 5.74. The number of carboxylic acids is 5. The highest BCUT2D eigenvalue weighted by Gasteiger charge is 2.12. The second-order valence-corrected chi connectivity index (χ2v) is 8.76. The number of carboxylic acid groups (broad SMARTS) is 5. The summed E-state index contributed by atoms with van der Waals surface area (Å²) in [4.78, 5) is 49.3. The molecule has 0 saturated heterocycles. The molecule has 20 N–H and O–H groups in total. The molecular formula is C23H53N7O11. The van der Waals surface area contributed by atoms with E-state index < -0.39 is 60.6 Å². The third kappa shape index (κ3) is 47.2. The van der Waals surface area contributed by atoms with E-state index in [9.17, 15) is 24.0 Å². The van der Waals surface area contributed by atoms with Crippen LogP contribution in [0.1, 0.15) is 58.8 Å². The first-order valence-corrected chi connectivity index (χ1v) is 12.7. The van der Waals surface area contributed by atoms with Gasteiger partial charge in [0.05, 0.1) is 13.2 Å². The van der Waals surface area contributed by atoms with Gasteiger partial charge in [-0.3, -0.25) is 24.0 Å². The summed E-state index contributed by atoms with van der Waals surface area (Å²) in [5.74, 6) is -4.57. The fraction of sp³-hybridized carbons (Fsp3) is 0.783. The van der Waals surface area contributed by atoms with Gasteiger partial charge < -0.3 is 70.8 Å². The molecule has 0 aliphatic carbocycles. The Labute approximate surface area is 240 Å². The fourth-order valence-corrected chi connectivity index (χ4v) is 1.95. The second-order valence-electron chi connectivity index (χ2n) is 8.76. The van der Waals surface area contributed by atoms with Crippen molar-refractivity contribution in [3.05, 3.63) is 0 Å². The average Bonchev–Trinajstić information content (AvgIpc) is 2.89. The van der Waals surface area contributed by atoms with Gasteiger partial charge in [0.25, 0.3) is 0 Å². The van der Waals surface area contributed by atoms with Crippen molar-refractivity contribution in [2.24, 2.45) is 46.1 Å². The number of aliphatic hydroxyl groups is 1. The first-order chi connectivity index (χ1) is 18.8. The Morgan fingerprint density at radius 3 is 0.976 bits per heavy atom. The molecule has 0 amide bonds. The zero-order valence-electron chi connectivity index (χ0n) is 23.9. The summed E-state index contributed by atoms with van der Waals surface area (Å²) >= 11 is 0. The number of carbonyl (C=O) groups is 5. The highest BCUT2D eigenvalue weighted by atomic mass is 16.4. The number of nitrogens with two attached hydrogens (primary N) is 7. The summed E-state index contributed by atoms with van der Waals surface area (Å²) in [6.07, 6.45) is 4.88. The number of hydrogen-bond donors (Lipinski definition) is 13. The minimum atomic E-state index is -1.18. The van der Waals surface area contributed by atoms with Crippen LogP contribution in [-0.2, 0) is 24.0 Å². The quantitative estimate of drug-likeness (QED) is 0.0777. The molecule has 18 heteroatoms. The standard InChI is InChI=1S/2C6H14N2O2.C6H13NO2.C3H7NO3.C2H5NO2/c2*7-4-2-1-3-5(8)6(9)10;1-4(2)3-5(7)6(8)9;4-2(1-5)3(6)7;3-1-2(4)5/h2*5H,1-4,7-8H2,(H,9,10);4-5H,3,7H2,1-2H3,(H,8,9);2,5H,1,4H2,(H,6,7);1,3H2,(H,4,5)/t3*5-;2-;/m0000./s1. The smallest absolute Gasteiger partial charge is 0.322 e. The molecule has 0 fully saturated rings. The van der Waals surface area contributed by atoms with Gasteiger partial charge in [-0.05, 0) is 51.1 Å². The molecule has 41 heavy (non-hydrogen) atoms. The van der Waals surface area contributed by atoms with Crippen LogP contribution in [0.2, 0.25) is 0 Å². The molecule has 0 unspecified atom stereocenters. The molecule has 246 valence electrons. The van der Waals surface area contributed by atoms with Crippen LogP contribution in [0.5, 0.6) is 0 Å². The van der Waals surface area contributed by atoms with E-state index in [4.69, 9.17) is 65.0 Å². The number of unbranched alkanes of at least 4 members (excludes halogenated alkanes) is 2. The van der Waals surface area contributed by atoms with Crippen molar-refractivity contribution in [3.63, 3.8) is 0 Å². The highest BCUT2D eigenvalue weighted by Crippen LogP contribution is 2.01.